The first-order valence-corrected chi connectivity index (χ1v) is 9.76. The summed E-state index contributed by atoms with van der Waals surface area (Å²) in [4.78, 5) is 39.0. The van der Waals surface area contributed by atoms with Gasteiger partial charge in [-0.2, -0.15) is 0 Å². The Bertz CT molecular complexity index is 624. The van der Waals surface area contributed by atoms with Crippen LogP contribution in [0.15, 0.2) is 30.3 Å². The monoisotopic (exact) mass is 375 g/mol. The molecule has 0 heterocycles. The fraction of sp³-hybridized carbons (Fsp3) is 0.591. The zero-order valence-corrected chi connectivity index (χ0v) is 17.3. The second kappa shape index (κ2) is 10.9. The van der Waals surface area contributed by atoms with Crippen molar-refractivity contribution in [1.82, 2.24) is 4.90 Å². The third kappa shape index (κ3) is 7.16. The van der Waals surface area contributed by atoms with E-state index >= 15 is 0 Å². The van der Waals surface area contributed by atoms with Crippen molar-refractivity contribution in [2.24, 2.45) is 11.3 Å². The SMILES string of the molecule is CCCC[C@H](CC)C(=O)N(Cc1ccccc1)C(=O)C(C)(C)COC(C)=O. The van der Waals surface area contributed by atoms with Crippen LogP contribution in [-0.4, -0.2) is 29.3 Å². The van der Waals surface area contributed by atoms with Gasteiger partial charge in [0.15, 0.2) is 0 Å². The van der Waals surface area contributed by atoms with E-state index in [-0.39, 0.29) is 30.9 Å². The van der Waals surface area contributed by atoms with Gasteiger partial charge in [-0.3, -0.25) is 19.3 Å². The number of nitrogens with zero attached hydrogens (tertiary/aromatic N) is 1. The lowest BCUT2D eigenvalue weighted by Gasteiger charge is -2.32. The predicted molar refractivity (Wildman–Crippen MR) is 106 cm³/mol. The maximum atomic E-state index is 13.2. The van der Waals surface area contributed by atoms with Crippen LogP contribution < -0.4 is 0 Å². The van der Waals surface area contributed by atoms with Gasteiger partial charge >= 0.3 is 5.97 Å². The highest BCUT2D eigenvalue weighted by Gasteiger charge is 2.38. The van der Waals surface area contributed by atoms with E-state index in [0.717, 1.165) is 24.8 Å². The Kier molecular flexibility index (Phi) is 9.19. The summed E-state index contributed by atoms with van der Waals surface area (Å²) >= 11 is 0. The molecular weight excluding hydrogens is 342 g/mol. The van der Waals surface area contributed by atoms with E-state index in [9.17, 15) is 14.4 Å². The van der Waals surface area contributed by atoms with Crippen LogP contribution in [0.1, 0.15) is 65.9 Å². The largest absolute Gasteiger partial charge is 0.465 e. The fourth-order valence-electron chi connectivity index (χ4n) is 2.90. The number of carbonyl (C=O) groups is 3. The molecule has 0 radical (unpaired) electrons. The van der Waals surface area contributed by atoms with Gasteiger partial charge in [0, 0.05) is 12.8 Å². The van der Waals surface area contributed by atoms with Gasteiger partial charge in [-0.25, -0.2) is 0 Å². The van der Waals surface area contributed by atoms with Gasteiger partial charge in [0.25, 0.3) is 0 Å². The molecule has 0 saturated heterocycles. The van der Waals surface area contributed by atoms with E-state index in [1.54, 1.807) is 13.8 Å². The van der Waals surface area contributed by atoms with Gasteiger partial charge < -0.3 is 4.74 Å². The van der Waals surface area contributed by atoms with Crippen LogP contribution >= 0.6 is 0 Å². The van der Waals surface area contributed by atoms with Gasteiger partial charge in [0.05, 0.1) is 12.0 Å². The van der Waals surface area contributed by atoms with E-state index in [1.807, 2.05) is 37.3 Å². The van der Waals surface area contributed by atoms with E-state index in [1.165, 1.54) is 11.8 Å². The summed E-state index contributed by atoms with van der Waals surface area (Å²) in [5.74, 6) is -1.07. The number of amides is 2. The number of benzene rings is 1. The minimum atomic E-state index is -0.973. The first-order valence-electron chi connectivity index (χ1n) is 9.76. The fourth-order valence-corrected chi connectivity index (χ4v) is 2.90. The highest BCUT2D eigenvalue weighted by Crippen LogP contribution is 2.25. The van der Waals surface area contributed by atoms with Crippen LogP contribution in [0.4, 0.5) is 0 Å². The Balaban J connectivity index is 3.10. The molecule has 150 valence electrons. The van der Waals surface area contributed by atoms with E-state index in [0.29, 0.717) is 6.42 Å². The summed E-state index contributed by atoms with van der Waals surface area (Å²) in [6.07, 6.45) is 3.43. The molecule has 0 aliphatic carbocycles. The van der Waals surface area contributed by atoms with Crippen molar-refractivity contribution < 1.29 is 19.1 Å². The van der Waals surface area contributed by atoms with Gasteiger partial charge in [0.1, 0.15) is 6.61 Å². The van der Waals surface area contributed by atoms with Crippen molar-refractivity contribution >= 4 is 17.8 Å². The lowest BCUT2D eigenvalue weighted by Crippen LogP contribution is -2.48. The number of esters is 1. The van der Waals surface area contributed by atoms with Gasteiger partial charge in [-0.05, 0) is 32.3 Å². The Hall–Kier alpha value is -2.17. The molecule has 1 aromatic rings. The average molecular weight is 376 g/mol. The molecule has 1 atom stereocenters. The Morgan fingerprint density at radius 1 is 1.11 bits per heavy atom. The smallest absolute Gasteiger partial charge is 0.302 e. The molecule has 1 aromatic carbocycles. The van der Waals surface area contributed by atoms with Gasteiger partial charge in [-0.15, -0.1) is 0 Å². The van der Waals surface area contributed by atoms with Crippen molar-refractivity contribution in [3.05, 3.63) is 35.9 Å². The Morgan fingerprint density at radius 3 is 2.26 bits per heavy atom. The summed E-state index contributed by atoms with van der Waals surface area (Å²) in [6.45, 7) is 8.97. The molecule has 0 N–H and O–H groups in total. The molecule has 0 spiro atoms. The quantitative estimate of drug-likeness (QED) is 0.571. The van der Waals surface area contributed by atoms with Crippen molar-refractivity contribution in [1.29, 1.82) is 0 Å². The van der Waals surface area contributed by atoms with Crippen molar-refractivity contribution in [3.8, 4) is 0 Å². The second-order valence-electron chi connectivity index (χ2n) is 7.63. The van der Waals surface area contributed by atoms with Gasteiger partial charge in [-0.1, -0.05) is 57.0 Å². The first-order chi connectivity index (χ1) is 12.7. The molecule has 0 aromatic heterocycles. The number of hydrogen-bond donors (Lipinski definition) is 0. The summed E-state index contributed by atoms with van der Waals surface area (Å²) < 4.78 is 5.06. The number of imide groups is 1. The summed E-state index contributed by atoms with van der Waals surface area (Å²) in [5.41, 5.74) is -0.0769. The molecule has 2 amide bonds. The maximum Gasteiger partial charge on any atom is 0.302 e. The molecule has 5 nitrogen and oxygen atoms in total. The number of carbonyl (C=O) groups excluding carboxylic acids is 3. The Morgan fingerprint density at radius 2 is 1.74 bits per heavy atom. The number of unbranched alkanes of at least 4 members (excludes halogenated alkanes) is 1. The van der Waals surface area contributed by atoms with Crippen LogP contribution in [0.2, 0.25) is 0 Å². The van der Waals surface area contributed by atoms with E-state index in [4.69, 9.17) is 4.74 Å². The minimum absolute atomic E-state index is 0.0501. The van der Waals surface area contributed by atoms with Gasteiger partial charge in [0.2, 0.25) is 11.8 Å². The zero-order valence-electron chi connectivity index (χ0n) is 17.3. The third-order valence-electron chi connectivity index (χ3n) is 4.66. The van der Waals surface area contributed by atoms with Crippen molar-refractivity contribution in [2.45, 2.75) is 66.8 Å². The molecule has 0 aliphatic rings. The van der Waals surface area contributed by atoms with Crippen LogP contribution in [0, 0.1) is 11.3 Å². The molecule has 5 heteroatoms. The molecule has 0 saturated carbocycles. The molecule has 0 unspecified atom stereocenters. The minimum Gasteiger partial charge on any atom is -0.465 e. The molecule has 27 heavy (non-hydrogen) atoms. The number of ether oxygens (including phenoxy) is 1. The zero-order chi connectivity index (χ0) is 20.4. The van der Waals surface area contributed by atoms with Crippen molar-refractivity contribution in [3.63, 3.8) is 0 Å². The summed E-state index contributed by atoms with van der Waals surface area (Å²) in [7, 11) is 0. The Labute approximate surface area is 163 Å². The van der Waals surface area contributed by atoms with Crippen LogP contribution in [0.25, 0.3) is 0 Å². The summed E-state index contributed by atoms with van der Waals surface area (Å²) in [6, 6.07) is 9.49. The molecule has 0 fully saturated rings. The molecule has 0 bridgehead atoms. The summed E-state index contributed by atoms with van der Waals surface area (Å²) in [5, 5.41) is 0. The highest BCUT2D eigenvalue weighted by atomic mass is 16.5. The maximum absolute atomic E-state index is 13.2. The molecular formula is C22H33NO4. The van der Waals surface area contributed by atoms with Crippen LogP contribution in [0.3, 0.4) is 0 Å². The third-order valence-corrected chi connectivity index (χ3v) is 4.66. The number of rotatable bonds is 10. The highest BCUT2D eigenvalue weighted by molar-refractivity contribution is 5.98. The first kappa shape index (κ1) is 22.9. The topological polar surface area (TPSA) is 63.7 Å². The van der Waals surface area contributed by atoms with Crippen LogP contribution in [0.5, 0.6) is 0 Å². The van der Waals surface area contributed by atoms with E-state index < -0.39 is 11.4 Å². The predicted octanol–water partition coefficient (Wildman–Crippen LogP) is 4.35. The lowest BCUT2D eigenvalue weighted by molar-refractivity contribution is -0.158. The van der Waals surface area contributed by atoms with Crippen LogP contribution in [-0.2, 0) is 25.7 Å². The van der Waals surface area contributed by atoms with Crippen molar-refractivity contribution in [2.75, 3.05) is 6.61 Å². The standard InChI is InChI=1S/C22H33NO4/c1-6-8-14-19(7-2)20(25)23(15-18-12-10-9-11-13-18)21(26)22(4,5)16-27-17(3)24/h9-13,19H,6-8,14-16H2,1-5H3/t19-/m0/s1. The lowest BCUT2D eigenvalue weighted by atomic mass is 9.90. The average Bonchev–Trinajstić information content (AvgIpc) is 2.65. The van der Waals surface area contributed by atoms with E-state index in [2.05, 4.69) is 6.92 Å². The molecule has 1 rings (SSSR count). The molecule has 0 aliphatic heterocycles. The second-order valence-corrected chi connectivity index (χ2v) is 7.63. The number of hydrogen-bond acceptors (Lipinski definition) is 4. The normalized spacial score (nSPS) is 12.3.